The first-order chi connectivity index (χ1) is 11.2. The molecule has 0 saturated carbocycles. The lowest BCUT2D eigenvalue weighted by Crippen LogP contribution is -2.25. The van der Waals surface area contributed by atoms with Crippen LogP contribution in [0, 0.1) is 5.92 Å². The van der Waals surface area contributed by atoms with E-state index in [9.17, 15) is 0 Å². The van der Waals surface area contributed by atoms with Gasteiger partial charge in [0.2, 0.25) is 0 Å². The molecule has 0 radical (unpaired) electrons. The fraction of sp³-hybridized carbons (Fsp3) is 0.278. The van der Waals surface area contributed by atoms with Gasteiger partial charge in [0.15, 0.2) is 6.29 Å². The third-order valence-corrected chi connectivity index (χ3v) is 4.40. The summed E-state index contributed by atoms with van der Waals surface area (Å²) < 4.78 is 11.5. The Morgan fingerprint density at radius 3 is 2.48 bits per heavy atom. The van der Waals surface area contributed by atoms with Gasteiger partial charge >= 0.3 is 0 Å². The molecule has 0 amide bonds. The smallest absolute Gasteiger partial charge is 0.185 e. The molecular weight excluding hydrogens is 333 g/mol. The van der Waals surface area contributed by atoms with Gasteiger partial charge in [-0.2, -0.15) is 0 Å². The van der Waals surface area contributed by atoms with Gasteiger partial charge in [0, 0.05) is 23.2 Å². The van der Waals surface area contributed by atoms with E-state index in [1.165, 1.54) is 0 Å². The molecule has 1 aliphatic heterocycles. The topological polar surface area (TPSA) is 31.4 Å². The normalized spacial score (nSPS) is 21.7. The molecule has 5 heteroatoms. The average Bonchev–Trinajstić information content (AvgIpc) is 2.59. The van der Waals surface area contributed by atoms with Crippen molar-refractivity contribution < 1.29 is 9.47 Å². The SMILES string of the molecule is C/C=C/[C@H]1CO[C@H](c2ccc(-c3ccc(Cl)c(Cl)c3)nc2)OC1. The number of benzene rings is 1. The molecule has 0 atom stereocenters. The van der Waals surface area contributed by atoms with Gasteiger partial charge in [0.25, 0.3) is 0 Å². The van der Waals surface area contributed by atoms with Crippen molar-refractivity contribution in [2.24, 2.45) is 5.92 Å². The molecule has 3 nitrogen and oxygen atoms in total. The fourth-order valence-electron chi connectivity index (χ4n) is 2.46. The highest BCUT2D eigenvalue weighted by molar-refractivity contribution is 6.42. The summed E-state index contributed by atoms with van der Waals surface area (Å²) in [4.78, 5) is 4.47. The van der Waals surface area contributed by atoms with Crippen LogP contribution in [0.5, 0.6) is 0 Å². The second-order valence-corrected chi connectivity index (χ2v) is 6.20. The summed E-state index contributed by atoms with van der Waals surface area (Å²) in [5.74, 6) is 0.319. The Morgan fingerprint density at radius 2 is 1.87 bits per heavy atom. The summed E-state index contributed by atoms with van der Waals surface area (Å²) in [6, 6.07) is 9.36. The molecule has 0 bridgehead atoms. The maximum atomic E-state index is 6.05. The maximum absolute atomic E-state index is 6.05. The number of nitrogens with zero attached hydrogens (tertiary/aromatic N) is 1. The number of ether oxygens (including phenoxy) is 2. The number of aromatic nitrogens is 1. The first-order valence-corrected chi connectivity index (χ1v) is 8.20. The molecule has 1 aliphatic rings. The van der Waals surface area contributed by atoms with Crippen LogP contribution in [0.25, 0.3) is 11.3 Å². The number of hydrogen-bond acceptors (Lipinski definition) is 3. The van der Waals surface area contributed by atoms with E-state index in [0.717, 1.165) is 16.8 Å². The van der Waals surface area contributed by atoms with Crippen LogP contribution in [0.3, 0.4) is 0 Å². The third-order valence-electron chi connectivity index (χ3n) is 3.66. The van der Waals surface area contributed by atoms with Gasteiger partial charge < -0.3 is 9.47 Å². The number of halogens is 2. The van der Waals surface area contributed by atoms with Crippen LogP contribution >= 0.6 is 23.2 Å². The van der Waals surface area contributed by atoms with Crippen molar-refractivity contribution in [1.29, 1.82) is 0 Å². The molecule has 1 fully saturated rings. The van der Waals surface area contributed by atoms with Gasteiger partial charge in [0.1, 0.15) is 0 Å². The van der Waals surface area contributed by atoms with E-state index in [0.29, 0.717) is 29.2 Å². The van der Waals surface area contributed by atoms with Gasteiger partial charge in [-0.1, -0.05) is 47.5 Å². The van der Waals surface area contributed by atoms with Gasteiger partial charge in [-0.15, -0.1) is 0 Å². The standard InChI is InChI=1S/C18H17Cl2NO2/c1-2-3-12-10-22-18(23-11-12)14-5-7-17(21-9-14)13-4-6-15(19)16(20)8-13/h2-9,12,18H,10-11H2,1H3/b3-2+/t12-,18-. The summed E-state index contributed by atoms with van der Waals surface area (Å²) >= 11 is 12.0. The molecule has 1 aromatic heterocycles. The van der Waals surface area contributed by atoms with Crippen LogP contribution < -0.4 is 0 Å². The van der Waals surface area contributed by atoms with Crippen molar-refractivity contribution in [1.82, 2.24) is 4.98 Å². The van der Waals surface area contributed by atoms with E-state index < -0.39 is 0 Å². The zero-order valence-electron chi connectivity index (χ0n) is 12.7. The van der Waals surface area contributed by atoms with Gasteiger partial charge in [-0.25, -0.2) is 0 Å². The molecule has 120 valence electrons. The molecule has 1 saturated heterocycles. The molecule has 2 aromatic rings. The van der Waals surface area contributed by atoms with Gasteiger partial charge in [-0.05, 0) is 25.1 Å². The minimum Gasteiger partial charge on any atom is -0.348 e. The van der Waals surface area contributed by atoms with Crippen LogP contribution in [0.2, 0.25) is 10.0 Å². The Kier molecular flexibility index (Phi) is 5.34. The predicted octanol–water partition coefficient (Wildman–Crippen LogP) is 5.29. The molecule has 1 aromatic carbocycles. The zero-order valence-corrected chi connectivity index (χ0v) is 14.2. The van der Waals surface area contributed by atoms with Crippen molar-refractivity contribution in [2.45, 2.75) is 13.2 Å². The third kappa shape index (κ3) is 3.93. The van der Waals surface area contributed by atoms with Crippen molar-refractivity contribution in [2.75, 3.05) is 13.2 Å². The first-order valence-electron chi connectivity index (χ1n) is 7.45. The molecule has 3 rings (SSSR count). The summed E-state index contributed by atoms with van der Waals surface area (Å²) in [5, 5.41) is 1.05. The Labute approximate surface area is 145 Å². The van der Waals surface area contributed by atoms with Crippen LogP contribution in [0.4, 0.5) is 0 Å². The largest absolute Gasteiger partial charge is 0.348 e. The van der Waals surface area contributed by atoms with E-state index in [2.05, 4.69) is 11.1 Å². The predicted molar refractivity (Wildman–Crippen MR) is 92.6 cm³/mol. The number of pyridine rings is 1. The summed E-state index contributed by atoms with van der Waals surface area (Å²) in [6.45, 7) is 3.31. The Morgan fingerprint density at radius 1 is 1.09 bits per heavy atom. The second kappa shape index (κ2) is 7.45. The van der Waals surface area contributed by atoms with Crippen LogP contribution in [0.1, 0.15) is 18.8 Å². The molecule has 23 heavy (non-hydrogen) atoms. The van der Waals surface area contributed by atoms with Crippen LogP contribution in [-0.2, 0) is 9.47 Å². The van der Waals surface area contributed by atoms with Crippen molar-refractivity contribution >= 4 is 23.2 Å². The Bertz CT molecular complexity index is 693. The Hall–Kier alpha value is -1.39. The average molecular weight is 350 g/mol. The maximum Gasteiger partial charge on any atom is 0.185 e. The summed E-state index contributed by atoms with van der Waals surface area (Å²) in [6.07, 6.45) is 5.54. The van der Waals surface area contributed by atoms with Crippen LogP contribution in [-0.4, -0.2) is 18.2 Å². The minimum absolute atomic E-state index is 0.319. The molecule has 0 aliphatic carbocycles. The molecule has 0 N–H and O–H groups in total. The minimum atomic E-state index is -0.355. The molecule has 2 heterocycles. The molecular formula is C18H17Cl2NO2. The first kappa shape index (κ1) is 16.5. The number of hydrogen-bond donors (Lipinski definition) is 0. The zero-order chi connectivity index (χ0) is 16.2. The van der Waals surface area contributed by atoms with E-state index in [1.54, 1.807) is 18.3 Å². The number of allylic oxidation sites excluding steroid dienone is 1. The van der Waals surface area contributed by atoms with Gasteiger partial charge in [0.05, 0.1) is 29.0 Å². The van der Waals surface area contributed by atoms with Crippen molar-refractivity contribution in [3.05, 3.63) is 64.3 Å². The monoisotopic (exact) mass is 349 g/mol. The quantitative estimate of drug-likeness (QED) is 0.705. The van der Waals surface area contributed by atoms with E-state index in [1.807, 2.05) is 31.2 Å². The summed E-state index contributed by atoms with van der Waals surface area (Å²) in [7, 11) is 0. The molecule has 0 spiro atoms. The van der Waals surface area contributed by atoms with Crippen molar-refractivity contribution in [3.8, 4) is 11.3 Å². The highest BCUT2D eigenvalue weighted by Crippen LogP contribution is 2.29. The van der Waals surface area contributed by atoms with E-state index >= 15 is 0 Å². The number of rotatable bonds is 3. The second-order valence-electron chi connectivity index (χ2n) is 5.39. The fourth-order valence-corrected chi connectivity index (χ4v) is 2.76. The lowest BCUT2D eigenvalue weighted by atomic mass is 10.1. The highest BCUT2D eigenvalue weighted by atomic mass is 35.5. The summed E-state index contributed by atoms with van der Waals surface area (Å²) in [5.41, 5.74) is 2.66. The lowest BCUT2D eigenvalue weighted by molar-refractivity contribution is -0.197. The lowest BCUT2D eigenvalue weighted by Gasteiger charge is -2.28. The van der Waals surface area contributed by atoms with E-state index in [4.69, 9.17) is 32.7 Å². The van der Waals surface area contributed by atoms with Gasteiger partial charge in [-0.3, -0.25) is 4.98 Å². The van der Waals surface area contributed by atoms with E-state index in [-0.39, 0.29) is 6.29 Å². The van der Waals surface area contributed by atoms with Crippen molar-refractivity contribution in [3.63, 3.8) is 0 Å². The molecule has 0 unspecified atom stereocenters. The highest BCUT2D eigenvalue weighted by Gasteiger charge is 2.22. The Balaban J connectivity index is 1.71. The van der Waals surface area contributed by atoms with Crippen LogP contribution in [0.15, 0.2) is 48.7 Å².